The summed E-state index contributed by atoms with van der Waals surface area (Å²) in [4.78, 5) is 15.3. The van der Waals surface area contributed by atoms with E-state index in [4.69, 9.17) is 5.73 Å². The van der Waals surface area contributed by atoms with E-state index >= 15 is 0 Å². The topological polar surface area (TPSA) is 67.4 Å². The van der Waals surface area contributed by atoms with Gasteiger partial charge in [-0.05, 0) is 38.7 Å². The monoisotopic (exact) mass is 261 g/mol. The summed E-state index contributed by atoms with van der Waals surface area (Å²) in [6, 6.07) is 1.96. The molecule has 1 fully saturated rings. The van der Waals surface area contributed by atoms with Crippen LogP contribution in [-0.2, 0) is 6.54 Å². The van der Waals surface area contributed by atoms with Gasteiger partial charge in [-0.2, -0.15) is 0 Å². The van der Waals surface area contributed by atoms with Crippen molar-refractivity contribution in [1.82, 2.24) is 14.9 Å². The summed E-state index contributed by atoms with van der Waals surface area (Å²) in [5.41, 5.74) is 7.95. The molecule has 0 bridgehead atoms. The van der Waals surface area contributed by atoms with E-state index in [0.717, 1.165) is 36.2 Å². The summed E-state index contributed by atoms with van der Waals surface area (Å²) in [5, 5.41) is 0. The first-order valence-electron chi connectivity index (χ1n) is 6.90. The van der Waals surface area contributed by atoms with Gasteiger partial charge in [0.25, 0.3) is 0 Å². The standard InChI is InChI=1S/C14H23N5/c1-10-4-6-19(7-5-10)14(15)16-9-13-8-11(2)17-12(3)18-13/h8,10H,4-7,9H2,1-3H3,(H2,15,16). The predicted molar refractivity (Wildman–Crippen MR) is 76.8 cm³/mol. The number of aliphatic imine (C=N–C) groups is 1. The van der Waals surface area contributed by atoms with Crippen molar-refractivity contribution in [3.8, 4) is 0 Å². The molecule has 2 N–H and O–H groups in total. The van der Waals surface area contributed by atoms with Crippen LogP contribution in [-0.4, -0.2) is 33.9 Å². The molecule has 1 saturated heterocycles. The van der Waals surface area contributed by atoms with E-state index in [1.54, 1.807) is 0 Å². The number of hydrogen-bond donors (Lipinski definition) is 1. The second-order valence-corrected chi connectivity index (χ2v) is 5.39. The number of likely N-dealkylation sites (tertiary alicyclic amines) is 1. The summed E-state index contributed by atoms with van der Waals surface area (Å²) in [5.74, 6) is 2.23. The Morgan fingerprint density at radius 2 is 2.05 bits per heavy atom. The number of nitrogens with zero attached hydrogens (tertiary/aromatic N) is 4. The Kier molecular flexibility index (Phi) is 4.35. The molecule has 0 aromatic carbocycles. The molecule has 0 unspecified atom stereocenters. The summed E-state index contributed by atoms with van der Waals surface area (Å²) in [6.07, 6.45) is 2.39. The third-order valence-corrected chi connectivity index (χ3v) is 3.53. The zero-order valence-corrected chi connectivity index (χ0v) is 12.1. The lowest BCUT2D eigenvalue weighted by Gasteiger charge is -2.31. The summed E-state index contributed by atoms with van der Waals surface area (Å²) in [6.45, 7) is 8.71. The summed E-state index contributed by atoms with van der Waals surface area (Å²) < 4.78 is 0. The second kappa shape index (κ2) is 5.99. The van der Waals surface area contributed by atoms with E-state index in [9.17, 15) is 0 Å². The van der Waals surface area contributed by atoms with Gasteiger partial charge in [0.05, 0.1) is 12.2 Å². The highest BCUT2D eigenvalue weighted by molar-refractivity contribution is 5.78. The smallest absolute Gasteiger partial charge is 0.191 e. The lowest BCUT2D eigenvalue weighted by molar-refractivity contribution is 0.277. The van der Waals surface area contributed by atoms with Crippen molar-refractivity contribution >= 4 is 5.96 Å². The number of guanidine groups is 1. The average molecular weight is 261 g/mol. The number of aryl methyl sites for hydroxylation is 2. The molecule has 0 saturated carbocycles. The van der Waals surface area contributed by atoms with Gasteiger partial charge in [0.15, 0.2) is 5.96 Å². The summed E-state index contributed by atoms with van der Waals surface area (Å²) in [7, 11) is 0. The van der Waals surface area contributed by atoms with Gasteiger partial charge < -0.3 is 10.6 Å². The molecule has 19 heavy (non-hydrogen) atoms. The van der Waals surface area contributed by atoms with E-state index in [0.29, 0.717) is 12.5 Å². The minimum atomic E-state index is 0.530. The van der Waals surface area contributed by atoms with Crippen LogP contribution in [0.4, 0.5) is 0 Å². The van der Waals surface area contributed by atoms with Crippen LogP contribution < -0.4 is 5.73 Å². The molecule has 0 atom stereocenters. The van der Waals surface area contributed by atoms with Gasteiger partial charge in [0.1, 0.15) is 5.82 Å². The number of hydrogen-bond acceptors (Lipinski definition) is 3. The van der Waals surface area contributed by atoms with Crippen molar-refractivity contribution in [3.63, 3.8) is 0 Å². The Hall–Kier alpha value is -1.65. The van der Waals surface area contributed by atoms with Gasteiger partial charge in [-0.1, -0.05) is 6.92 Å². The molecule has 1 aliphatic heterocycles. The molecule has 0 spiro atoms. The van der Waals surface area contributed by atoms with Gasteiger partial charge in [-0.25, -0.2) is 15.0 Å². The van der Waals surface area contributed by atoms with Crippen molar-refractivity contribution in [2.75, 3.05) is 13.1 Å². The van der Waals surface area contributed by atoms with Crippen molar-refractivity contribution < 1.29 is 0 Å². The SMILES string of the molecule is Cc1cc(CN=C(N)N2CCC(C)CC2)nc(C)n1. The maximum atomic E-state index is 6.05. The van der Waals surface area contributed by atoms with Crippen LogP contribution in [0.1, 0.15) is 37.0 Å². The van der Waals surface area contributed by atoms with Crippen molar-refractivity contribution in [3.05, 3.63) is 23.3 Å². The van der Waals surface area contributed by atoms with Gasteiger partial charge in [0.2, 0.25) is 0 Å². The Labute approximate surface area is 115 Å². The average Bonchev–Trinajstić information content (AvgIpc) is 2.36. The maximum Gasteiger partial charge on any atom is 0.191 e. The highest BCUT2D eigenvalue weighted by Gasteiger charge is 2.16. The molecule has 5 nitrogen and oxygen atoms in total. The number of rotatable bonds is 2. The van der Waals surface area contributed by atoms with Crippen LogP contribution in [0.25, 0.3) is 0 Å². The molecule has 2 rings (SSSR count). The zero-order valence-electron chi connectivity index (χ0n) is 12.1. The predicted octanol–water partition coefficient (Wildman–Crippen LogP) is 1.64. The largest absolute Gasteiger partial charge is 0.370 e. The molecule has 1 aromatic rings. The van der Waals surface area contributed by atoms with Crippen LogP contribution >= 0.6 is 0 Å². The Morgan fingerprint density at radius 3 is 2.68 bits per heavy atom. The van der Waals surface area contributed by atoms with Crippen molar-refractivity contribution in [2.45, 2.75) is 40.2 Å². The van der Waals surface area contributed by atoms with Gasteiger partial charge >= 0.3 is 0 Å². The third kappa shape index (κ3) is 3.91. The first kappa shape index (κ1) is 13.8. The zero-order chi connectivity index (χ0) is 13.8. The molecule has 1 aliphatic rings. The summed E-state index contributed by atoms with van der Waals surface area (Å²) >= 11 is 0. The fraction of sp³-hybridized carbons (Fsp3) is 0.643. The fourth-order valence-corrected chi connectivity index (χ4v) is 2.37. The molecule has 0 radical (unpaired) electrons. The lowest BCUT2D eigenvalue weighted by atomic mass is 10.00. The van der Waals surface area contributed by atoms with E-state index < -0.39 is 0 Å². The van der Waals surface area contributed by atoms with E-state index in [-0.39, 0.29) is 0 Å². The van der Waals surface area contributed by atoms with Crippen LogP contribution in [0.2, 0.25) is 0 Å². The Balaban J connectivity index is 1.97. The van der Waals surface area contributed by atoms with Crippen molar-refractivity contribution in [2.24, 2.45) is 16.6 Å². The van der Waals surface area contributed by atoms with E-state index in [1.165, 1.54) is 12.8 Å². The minimum absolute atomic E-state index is 0.530. The molecule has 0 aliphatic carbocycles. The number of piperidine rings is 1. The van der Waals surface area contributed by atoms with Gasteiger partial charge in [0, 0.05) is 18.8 Å². The van der Waals surface area contributed by atoms with E-state index in [1.807, 2.05) is 19.9 Å². The Bertz CT molecular complexity index is 441. The highest BCUT2D eigenvalue weighted by atomic mass is 15.3. The Morgan fingerprint density at radius 1 is 1.37 bits per heavy atom. The maximum absolute atomic E-state index is 6.05. The van der Waals surface area contributed by atoms with Gasteiger partial charge in [-0.3, -0.25) is 0 Å². The first-order valence-corrected chi connectivity index (χ1v) is 6.90. The minimum Gasteiger partial charge on any atom is -0.370 e. The molecular weight excluding hydrogens is 238 g/mol. The number of nitrogens with two attached hydrogens (primary N) is 1. The normalized spacial score (nSPS) is 17.8. The van der Waals surface area contributed by atoms with Crippen LogP contribution in [0.5, 0.6) is 0 Å². The fourth-order valence-electron chi connectivity index (χ4n) is 2.37. The highest BCUT2D eigenvalue weighted by Crippen LogP contribution is 2.15. The van der Waals surface area contributed by atoms with Crippen LogP contribution in [0.15, 0.2) is 11.1 Å². The quantitative estimate of drug-likeness (QED) is 0.649. The van der Waals surface area contributed by atoms with Gasteiger partial charge in [-0.15, -0.1) is 0 Å². The number of aromatic nitrogens is 2. The van der Waals surface area contributed by atoms with Crippen molar-refractivity contribution in [1.29, 1.82) is 0 Å². The molecule has 104 valence electrons. The van der Waals surface area contributed by atoms with Crippen LogP contribution in [0.3, 0.4) is 0 Å². The lowest BCUT2D eigenvalue weighted by Crippen LogP contribution is -2.42. The molecular formula is C14H23N5. The third-order valence-electron chi connectivity index (χ3n) is 3.53. The first-order chi connectivity index (χ1) is 9.04. The van der Waals surface area contributed by atoms with Crippen LogP contribution in [0, 0.1) is 19.8 Å². The molecule has 1 aromatic heterocycles. The second-order valence-electron chi connectivity index (χ2n) is 5.39. The molecule has 5 heteroatoms. The molecule has 0 amide bonds. The van der Waals surface area contributed by atoms with E-state index in [2.05, 4.69) is 26.8 Å². The molecule has 2 heterocycles.